The van der Waals surface area contributed by atoms with Gasteiger partial charge in [-0.2, -0.15) is 0 Å². The van der Waals surface area contributed by atoms with Crippen LogP contribution in [-0.2, 0) is 0 Å². The van der Waals surface area contributed by atoms with Crippen LogP contribution in [0.5, 0.6) is 0 Å². The van der Waals surface area contributed by atoms with Crippen LogP contribution in [0.2, 0.25) is 0 Å². The molecule has 2 aromatic carbocycles. The normalized spacial score (nSPS) is 14.6. The first-order valence-corrected chi connectivity index (χ1v) is 18.8. The average Bonchev–Trinajstić information content (AvgIpc) is 3.87. The van der Waals surface area contributed by atoms with Crippen LogP contribution in [0.4, 0.5) is 22.7 Å². The van der Waals surface area contributed by atoms with Gasteiger partial charge < -0.3 is 0 Å². The van der Waals surface area contributed by atoms with Gasteiger partial charge in [0.05, 0.1) is 65.4 Å². The van der Waals surface area contributed by atoms with E-state index in [1.165, 1.54) is 23.5 Å². The maximum atomic E-state index is 12.3. The van der Waals surface area contributed by atoms with E-state index in [0.29, 0.717) is 4.24 Å². The minimum atomic E-state index is -0.825. The third-order valence-electron chi connectivity index (χ3n) is 7.25. The van der Waals surface area contributed by atoms with Crippen molar-refractivity contribution in [2.75, 3.05) is 0 Å². The van der Waals surface area contributed by atoms with E-state index >= 15 is 0 Å². The summed E-state index contributed by atoms with van der Waals surface area (Å²) < 4.78 is 2.39. The number of rotatable bonds is 6. The second-order valence-corrected chi connectivity index (χ2v) is 17.6. The number of hydrogen-bond donors (Lipinski definition) is 0. The lowest BCUT2D eigenvalue weighted by Crippen LogP contribution is -1.99. The molecule has 232 valence electrons. The van der Waals surface area contributed by atoms with Crippen molar-refractivity contribution in [1.82, 2.24) is 0 Å². The number of thioether (sulfide) groups is 4. The number of non-ortho nitro benzene ring substituents is 2. The summed E-state index contributed by atoms with van der Waals surface area (Å²) in [6.45, 7) is 0. The van der Waals surface area contributed by atoms with Crippen LogP contribution in [-0.4, -0.2) is 19.7 Å². The Balaban J connectivity index is 1.33. The Hall–Kier alpha value is -3.98. The van der Waals surface area contributed by atoms with Crippen LogP contribution in [0, 0.1) is 40.5 Å². The van der Waals surface area contributed by atoms with E-state index in [9.17, 15) is 40.5 Å². The van der Waals surface area contributed by atoms with Crippen LogP contribution in [0.1, 0.15) is 11.1 Å². The Bertz CT molecular complexity index is 2170. The van der Waals surface area contributed by atoms with E-state index in [2.05, 4.69) is 12.1 Å². The highest BCUT2D eigenvalue weighted by atomic mass is 32.3. The summed E-state index contributed by atoms with van der Waals surface area (Å²) in [4.78, 5) is 51.8. The third-order valence-corrected chi connectivity index (χ3v) is 16.5. The van der Waals surface area contributed by atoms with Crippen molar-refractivity contribution in [3.05, 3.63) is 124 Å². The lowest BCUT2D eigenvalue weighted by atomic mass is 10.0. The number of thiophene rings is 3. The molecule has 0 radical (unpaired) electrons. The molecule has 5 aromatic rings. The molecule has 3 aliphatic rings. The molecule has 0 saturated carbocycles. The molecule has 19 heteroatoms. The number of nitro benzene ring substituents is 4. The van der Waals surface area contributed by atoms with Crippen LogP contribution in [0.15, 0.2) is 81.8 Å². The predicted molar refractivity (Wildman–Crippen MR) is 189 cm³/mol. The van der Waals surface area contributed by atoms with Crippen LogP contribution < -0.4 is 0 Å². The van der Waals surface area contributed by atoms with Gasteiger partial charge >= 0.3 is 0 Å². The van der Waals surface area contributed by atoms with Crippen molar-refractivity contribution in [2.45, 2.75) is 9.79 Å². The van der Waals surface area contributed by atoms with Gasteiger partial charge in [-0.1, -0.05) is 59.2 Å². The van der Waals surface area contributed by atoms with Crippen LogP contribution >= 0.6 is 81.1 Å². The molecule has 0 amide bonds. The van der Waals surface area contributed by atoms with Gasteiger partial charge in [-0.05, 0) is 22.9 Å². The zero-order chi connectivity index (χ0) is 32.7. The van der Waals surface area contributed by atoms with Gasteiger partial charge in [0.15, 0.2) is 0 Å². The lowest BCUT2D eigenvalue weighted by molar-refractivity contribution is -0.395. The van der Waals surface area contributed by atoms with Gasteiger partial charge in [-0.3, -0.25) is 40.5 Å². The molecule has 47 heavy (non-hydrogen) atoms. The van der Waals surface area contributed by atoms with Crippen molar-refractivity contribution < 1.29 is 19.7 Å². The summed E-state index contributed by atoms with van der Waals surface area (Å²) in [5.41, 5.74) is -2.55. The van der Waals surface area contributed by atoms with Crippen molar-refractivity contribution >= 4 is 109 Å². The highest BCUT2D eigenvalue weighted by molar-refractivity contribution is 8.41. The molecule has 1 aliphatic carbocycles. The first-order chi connectivity index (χ1) is 22.6. The number of hydrogen-bond acceptors (Lipinski definition) is 15. The second kappa shape index (κ2) is 11.3. The van der Waals surface area contributed by atoms with Crippen LogP contribution in [0.25, 0.3) is 36.2 Å². The number of benzene rings is 2. The SMILES string of the molecule is O=[N+]([O-])c1cc2c(c([N+](=O)[O-])c1)-c1c(cc([N+](=O)[O-])cc1[N+](=O)[O-])C2=C1SC2=C(S1)Sc1c(-c3cccs3)sc(-c3cccs3)c1S2. The molecule has 8 rings (SSSR count). The smallest absolute Gasteiger partial charge is 0.258 e. The second-order valence-electron chi connectivity index (χ2n) is 9.82. The van der Waals surface area contributed by atoms with Gasteiger partial charge in [-0.25, -0.2) is 0 Å². The van der Waals surface area contributed by atoms with E-state index in [4.69, 9.17) is 0 Å². The maximum Gasteiger partial charge on any atom is 0.284 e. The summed E-state index contributed by atoms with van der Waals surface area (Å²) in [5, 5.41) is 52.4. The topological polar surface area (TPSA) is 173 Å². The molecule has 0 saturated heterocycles. The minimum absolute atomic E-state index is 0.0436. The quantitative estimate of drug-likeness (QED) is 0.116. The first kappa shape index (κ1) is 30.4. The monoisotopic (exact) mass is 754 g/mol. The fourth-order valence-electron chi connectivity index (χ4n) is 5.42. The Morgan fingerprint density at radius 3 is 1.34 bits per heavy atom. The van der Waals surface area contributed by atoms with Gasteiger partial charge in [0.2, 0.25) is 0 Å². The summed E-state index contributed by atoms with van der Waals surface area (Å²) in [6.07, 6.45) is 0. The molecule has 12 nitrogen and oxygen atoms in total. The Labute approximate surface area is 291 Å². The summed E-state index contributed by atoms with van der Waals surface area (Å²) in [6, 6.07) is 12.0. The minimum Gasteiger partial charge on any atom is -0.258 e. The van der Waals surface area contributed by atoms with Gasteiger partial charge in [-0.15, -0.1) is 34.0 Å². The molecule has 0 unspecified atom stereocenters. The molecule has 0 fully saturated rings. The molecule has 5 heterocycles. The molecule has 3 aromatic heterocycles. The molecule has 2 aliphatic heterocycles. The number of fused-ring (bicyclic) bond motifs is 4. The molecular weight excluding hydrogens is 745 g/mol. The highest BCUT2D eigenvalue weighted by Crippen LogP contribution is 2.70. The lowest BCUT2D eigenvalue weighted by Gasteiger charge is -2.14. The molecule has 0 N–H and O–H groups in total. The maximum absolute atomic E-state index is 12.3. The van der Waals surface area contributed by atoms with Gasteiger partial charge in [0.1, 0.15) is 0 Å². The summed E-state index contributed by atoms with van der Waals surface area (Å²) >= 11 is 10.9. The van der Waals surface area contributed by atoms with Gasteiger partial charge in [0.25, 0.3) is 22.7 Å². The van der Waals surface area contributed by atoms with E-state index in [-0.39, 0.29) is 27.8 Å². The van der Waals surface area contributed by atoms with Crippen molar-refractivity contribution in [3.8, 4) is 30.6 Å². The van der Waals surface area contributed by atoms with E-state index in [1.807, 2.05) is 22.9 Å². The summed E-state index contributed by atoms with van der Waals surface area (Å²) in [5.74, 6) is 0. The van der Waals surface area contributed by atoms with Crippen molar-refractivity contribution in [2.24, 2.45) is 0 Å². The average molecular weight is 755 g/mol. The third kappa shape index (κ3) is 4.83. The fourth-order valence-corrected chi connectivity index (χ4v) is 15.0. The Morgan fingerprint density at radius 2 is 0.979 bits per heavy atom. The van der Waals surface area contributed by atoms with E-state index in [0.717, 1.165) is 62.0 Å². The number of nitrogens with zero attached hydrogens (tertiary/aromatic N) is 4. The fraction of sp³-hybridized carbons (Fsp3) is 0. The number of nitro groups is 4. The van der Waals surface area contributed by atoms with Gasteiger partial charge in [0, 0.05) is 48.4 Å². The zero-order valence-electron chi connectivity index (χ0n) is 22.7. The van der Waals surface area contributed by atoms with E-state index < -0.39 is 42.4 Å². The van der Waals surface area contributed by atoms with Crippen molar-refractivity contribution in [1.29, 1.82) is 0 Å². The molecule has 0 spiro atoms. The zero-order valence-corrected chi connectivity index (χ0v) is 28.4. The predicted octanol–water partition coefficient (Wildman–Crippen LogP) is 11.0. The largest absolute Gasteiger partial charge is 0.284 e. The summed E-state index contributed by atoms with van der Waals surface area (Å²) in [7, 11) is 0. The first-order valence-electron chi connectivity index (χ1n) is 13.0. The van der Waals surface area contributed by atoms with Crippen LogP contribution in [0.3, 0.4) is 0 Å². The van der Waals surface area contributed by atoms with Crippen molar-refractivity contribution in [3.63, 3.8) is 0 Å². The molecule has 0 bridgehead atoms. The van der Waals surface area contributed by atoms with E-state index in [1.54, 1.807) is 57.5 Å². The Kier molecular flexibility index (Phi) is 7.31. The molecule has 0 atom stereocenters. The molecular formula is C28H10N4O8S7. The highest BCUT2D eigenvalue weighted by Gasteiger charge is 2.44. The standard InChI is InChI=1S/C28H10N4O8S7/c33-29(34)11-7-13-19(14-8-12(30(35)36)10-16(32(39)40)21(14)20(13)15(9-11)31(37)38)26-46-27-28(47-26)45-25-23(18-4-2-6-42-18)43-22(24(25)44-27)17-3-1-5-41-17/h1-10H. The Morgan fingerprint density at radius 1 is 0.532 bits per heavy atom.